The van der Waals surface area contributed by atoms with Crippen molar-refractivity contribution in [1.82, 2.24) is 4.90 Å². The van der Waals surface area contributed by atoms with Crippen LogP contribution in [0.3, 0.4) is 0 Å². The summed E-state index contributed by atoms with van der Waals surface area (Å²) in [6.07, 6.45) is 4.06. The molecule has 1 aromatic rings. The second kappa shape index (κ2) is 7.11. The van der Waals surface area contributed by atoms with Crippen LogP contribution in [0.15, 0.2) is 18.2 Å². The summed E-state index contributed by atoms with van der Waals surface area (Å²) in [6.45, 7) is 5.17. The van der Waals surface area contributed by atoms with Crippen LogP contribution in [0, 0.1) is 5.92 Å². The molecule has 0 aliphatic heterocycles. The van der Waals surface area contributed by atoms with Gasteiger partial charge in [-0.25, -0.2) is 0 Å². The van der Waals surface area contributed by atoms with Crippen molar-refractivity contribution in [2.45, 2.75) is 32.7 Å². The molecule has 1 aliphatic rings. The highest BCUT2D eigenvalue weighted by molar-refractivity contribution is 6.59. The molecule has 0 bridgehead atoms. The zero-order chi connectivity index (χ0) is 14.5. The minimum Gasteiger partial charge on any atom is -0.497 e. The van der Waals surface area contributed by atoms with Crippen LogP contribution in [-0.4, -0.2) is 42.3 Å². The van der Waals surface area contributed by atoms with E-state index in [1.807, 2.05) is 12.1 Å². The molecule has 0 heterocycles. The van der Waals surface area contributed by atoms with E-state index in [0.717, 1.165) is 31.1 Å². The minimum absolute atomic E-state index is 0.435. The van der Waals surface area contributed by atoms with Gasteiger partial charge in [-0.1, -0.05) is 25.5 Å². The minimum atomic E-state index is -1.49. The van der Waals surface area contributed by atoms with Crippen LogP contribution >= 0.6 is 0 Å². The van der Waals surface area contributed by atoms with E-state index in [9.17, 15) is 10.0 Å². The summed E-state index contributed by atoms with van der Waals surface area (Å²) < 4.78 is 5.15. The quantitative estimate of drug-likeness (QED) is 0.730. The topological polar surface area (TPSA) is 52.9 Å². The maximum Gasteiger partial charge on any atom is 0.492 e. The van der Waals surface area contributed by atoms with Gasteiger partial charge < -0.3 is 14.8 Å². The lowest BCUT2D eigenvalue weighted by atomic mass is 9.78. The lowest BCUT2D eigenvalue weighted by Crippen LogP contribution is -2.34. The highest BCUT2D eigenvalue weighted by atomic mass is 16.5. The Hall–Kier alpha value is -1.04. The third-order valence-corrected chi connectivity index (χ3v) is 4.17. The second-order valence-electron chi connectivity index (χ2n) is 5.57. The molecule has 4 nitrogen and oxygen atoms in total. The van der Waals surface area contributed by atoms with Crippen molar-refractivity contribution < 1.29 is 14.8 Å². The molecule has 0 radical (unpaired) electrons. The van der Waals surface area contributed by atoms with Crippen molar-refractivity contribution >= 4 is 12.6 Å². The number of benzene rings is 1. The summed E-state index contributed by atoms with van der Waals surface area (Å²) in [4.78, 5) is 2.42. The maximum absolute atomic E-state index is 9.41. The molecule has 0 unspecified atom stereocenters. The smallest absolute Gasteiger partial charge is 0.492 e. The predicted molar refractivity (Wildman–Crippen MR) is 81.1 cm³/mol. The van der Waals surface area contributed by atoms with E-state index >= 15 is 0 Å². The zero-order valence-corrected chi connectivity index (χ0v) is 12.4. The van der Waals surface area contributed by atoms with E-state index < -0.39 is 7.12 Å². The average Bonchev–Trinajstić information content (AvgIpc) is 2.41. The first-order valence-corrected chi connectivity index (χ1v) is 7.39. The van der Waals surface area contributed by atoms with Crippen LogP contribution in [0.4, 0.5) is 0 Å². The predicted octanol–water partition coefficient (Wildman–Crippen LogP) is 0.997. The summed E-state index contributed by atoms with van der Waals surface area (Å²) >= 11 is 0. The number of rotatable bonds is 7. The number of ether oxygens (including phenoxy) is 1. The van der Waals surface area contributed by atoms with E-state index in [2.05, 4.69) is 11.8 Å². The third kappa shape index (κ3) is 3.75. The fourth-order valence-electron chi connectivity index (χ4n) is 2.69. The van der Waals surface area contributed by atoms with Crippen LogP contribution < -0.4 is 10.2 Å². The molecule has 5 heteroatoms. The fraction of sp³-hybridized carbons (Fsp3) is 0.600. The molecule has 1 saturated carbocycles. The van der Waals surface area contributed by atoms with E-state index in [0.29, 0.717) is 11.2 Å². The average molecular weight is 277 g/mol. The Morgan fingerprint density at radius 3 is 2.60 bits per heavy atom. The first-order chi connectivity index (χ1) is 9.63. The van der Waals surface area contributed by atoms with Gasteiger partial charge in [0.2, 0.25) is 0 Å². The molecule has 0 atom stereocenters. The number of hydrogen-bond donors (Lipinski definition) is 2. The Balaban J connectivity index is 2.05. The van der Waals surface area contributed by atoms with Gasteiger partial charge in [-0.05, 0) is 36.9 Å². The van der Waals surface area contributed by atoms with Gasteiger partial charge in [0.05, 0.1) is 7.11 Å². The summed E-state index contributed by atoms with van der Waals surface area (Å²) in [7, 11) is 0.0436. The first kappa shape index (κ1) is 15.4. The molecule has 0 saturated heterocycles. The van der Waals surface area contributed by atoms with E-state index in [1.54, 1.807) is 6.07 Å². The Morgan fingerprint density at radius 2 is 2.10 bits per heavy atom. The van der Waals surface area contributed by atoms with E-state index in [4.69, 9.17) is 4.74 Å². The summed E-state index contributed by atoms with van der Waals surface area (Å²) in [6, 6.07) is 5.63. The van der Waals surface area contributed by atoms with Crippen LogP contribution in [-0.2, 0) is 6.54 Å². The largest absolute Gasteiger partial charge is 0.497 e. The SMILES string of the molecule is CCN(Cc1ccc(OC)c(B(O)O)c1)CC1CCC1. The maximum atomic E-state index is 9.41. The van der Waals surface area contributed by atoms with Gasteiger partial charge in [0.1, 0.15) is 5.75 Å². The van der Waals surface area contributed by atoms with Crippen molar-refractivity contribution in [3.63, 3.8) is 0 Å². The fourth-order valence-corrected chi connectivity index (χ4v) is 2.69. The zero-order valence-electron chi connectivity index (χ0n) is 12.4. The van der Waals surface area contributed by atoms with Crippen molar-refractivity contribution in [3.05, 3.63) is 23.8 Å². The highest BCUT2D eigenvalue weighted by Gasteiger charge is 2.21. The Bertz CT molecular complexity index is 435. The van der Waals surface area contributed by atoms with Crippen LogP contribution in [0.1, 0.15) is 31.7 Å². The molecule has 20 heavy (non-hydrogen) atoms. The van der Waals surface area contributed by atoms with E-state index in [1.165, 1.54) is 26.4 Å². The van der Waals surface area contributed by atoms with E-state index in [-0.39, 0.29) is 0 Å². The summed E-state index contributed by atoms with van der Waals surface area (Å²) in [5, 5.41) is 18.8. The molecule has 0 amide bonds. The number of hydrogen-bond acceptors (Lipinski definition) is 4. The van der Waals surface area contributed by atoms with Gasteiger partial charge in [0.15, 0.2) is 0 Å². The van der Waals surface area contributed by atoms with Gasteiger partial charge in [0.25, 0.3) is 0 Å². The Morgan fingerprint density at radius 1 is 1.35 bits per heavy atom. The normalized spacial score (nSPS) is 15.2. The van der Waals surface area contributed by atoms with Crippen molar-refractivity contribution in [2.75, 3.05) is 20.2 Å². The van der Waals surface area contributed by atoms with Crippen molar-refractivity contribution in [2.24, 2.45) is 5.92 Å². The number of methoxy groups -OCH3 is 1. The van der Waals surface area contributed by atoms with Gasteiger partial charge >= 0.3 is 7.12 Å². The molecule has 0 spiro atoms. The molecule has 1 aromatic carbocycles. The molecular formula is C15H24BNO3. The Labute approximate surface area is 121 Å². The van der Waals surface area contributed by atoms with Crippen LogP contribution in [0.25, 0.3) is 0 Å². The lowest BCUT2D eigenvalue weighted by molar-refractivity contribution is 0.178. The molecule has 0 aromatic heterocycles. The van der Waals surface area contributed by atoms with Gasteiger partial charge in [-0.3, -0.25) is 4.90 Å². The van der Waals surface area contributed by atoms with Crippen LogP contribution in [0.5, 0.6) is 5.75 Å². The van der Waals surface area contributed by atoms with Crippen molar-refractivity contribution in [3.8, 4) is 5.75 Å². The lowest BCUT2D eigenvalue weighted by Gasteiger charge is -2.31. The monoisotopic (exact) mass is 277 g/mol. The van der Waals surface area contributed by atoms with Gasteiger partial charge in [-0.2, -0.15) is 0 Å². The standard InChI is InChI=1S/C15H24BNO3/c1-3-17(10-12-5-4-6-12)11-13-7-8-15(20-2)14(9-13)16(18)19/h7-9,12,18-19H,3-6,10-11H2,1-2H3. The summed E-state index contributed by atoms with van der Waals surface area (Å²) in [5.41, 5.74) is 1.53. The molecule has 1 fully saturated rings. The third-order valence-electron chi connectivity index (χ3n) is 4.17. The van der Waals surface area contributed by atoms with Gasteiger partial charge in [-0.15, -0.1) is 0 Å². The first-order valence-electron chi connectivity index (χ1n) is 7.39. The van der Waals surface area contributed by atoms with Gasteiger partial charge in [0, 0.05) is 18.6 Å². The number of nitrogens with zero attached hydrogens (tertiary/aromatic N) is 1. The van der Waals surface area contributed by atoms with Crippen LogP contribution in [0.2, 0.25) is 0 Å². The molecule has 2 rings (SSSR count). The molecule has 1 aliphatic carbocycles. The molecule has 2 N–H and O–H groups in total. The van der Waals surface area contributed by atoms with Crippen molar-refractivity contribution in [1.29, 1.82) is 0 Å². The molecule has 110 valence electrons. The summed E-state index contributed by atoms with van der Waals surface area (Å²) in [5.74, 6) is 1.36. The Kier molecular flexibility index (Phi) is 5.46. The molecular weight excluding hydrogens is 253 g/mol. The highest BCUT2D eigenvalue weighted by Crippen LogP contribution is 2.27. The second-order valence-corrected chi connectivity index (χ2v) is 5.57.